The zero-order valence-corrected chi connectivity index (χ0v) is 16.8. The molecule has 1 aliphatic rings. The Kier molecular flexibility index (Phi) is 5.05. The quantitative estimate of drug-likeness (QED) is 0.715. The van der Waals surface area contributed by atoms with Gasteiger partial charge in [0.2, 0.25) is 0 Å². The van der Waals surface area contributed by atoms with Crippen LogP contribution in [0.4, 0.5) is 5.82 Å². The van der Waals surface area contributed by atoms with E-state index in [4.69, 9.17) is 0 Å². The minimum absolute atomic E-state index is 0.0318. The highest BCUT2D eigenvalue weighted by Gasteiger charge is 2.33. The van der Waals surface area contributed by atoms with Gasteiger partial charge in [-0.05, 0) is 38.1 Å². The van der Waals surface area contributed by atoms with Crippen molar-refractivity contribution in [3.8, 4) is 5.69 Å². The van der Waals surface area contributed by atoms with Gasteiger partial charge in [-0.1, -0.05) is 17.7 Å². The highest BCUT2D eigenvalue weighted by molar-refractivity contribution is 5.91. The molecule has 6 heteroatoms. The van der Waals surface area contributed by atoms with Gasteiger partial charge in [0.25, 0.3) is 5.91 Å². The van der Waals surface area contributed by atoms with Gasteiger partial charge in [0.15, 0.2) is 6.54 Å². The maximum Gasteiger partial charge on any atom is 0.280 e. The first-order chi connectivity index (χ1) is 13.5. The molecule has 3 aromatic rings. The Labute approximate surface area is 165 Å². The molecular weight excluding hydrogens is 350 g/mol. The highest BCUT2D eigenvalue weighted by Crippen LogP contribution is 2.20. The molecular formula is C22H28N5O+. The van der Waals surface area contributed by atoms with Crippen LogP contribution < -0.4 is 10.2 Å². The van der Waals surface area contributed by atoms with Crippen LogP contribution in [0.15, 0.2) is 48.7 Å². The van der Waals surface area contributed by atoms with Crippen LogP contribution in [-0.2, 0) is 11.8 Å². The van der Waals surface area contributed by atoms with E-state index in [-0.39, 0.29) is 5.91 Å². The van der Waals surface area contributed by atoms with Gasteiger partial charge in [-0.25, -0.2) is 4.68 Å². The van der Waals surface area contributed by atoms with E-state index in [9.17, 15) is 4.79 Å². The molecule has 1 aliphatic heterocycles. The standard InChI is InChI=1S/C22H27N5O/c1-16-8-10-18(11-9-16)27-21(14-17(2)24-27)23-22(28)15-26-13-5-7-20(26)19-6-4-12-25(19)3/h4,6,8-12,14,20H,5,7,13,15H2,1-3H3,(H,23,28)/p+1/t20-/m1/s1. The Hall–Kier alpha value is -2.86. The molecule has 28 heavy (non-hydrogen) atoms. The lowest BCUT2D eigenvalue weighted by Gasteiger charge is -2.21. The molecule has 1 unspecified atom stereocenters. The van der Waals surface area contributed by atoms with Crippen molar-refractivity contribution in [2.75, 3.05) is 18.4 Å². The average molecular weight is 379 g/mol. The SMILES string of the molecule is Cc1ccc(-n2nc(C)cc2NC(=O)C[NH+]2CCC[C@@H]2c2cccn2C)cc1. The second-order valence-corrected chi connectivity index (χ2v) is 7.79. The number of rotatable bonds is 5. The van der Waals surface area contributed by atoms with Gasteiger partial charge in [-0.2, -0.15) is 5.10 Å². The molecule has 1 amide bonds. The number of hydrogen-bond acceptors (Lipinski definition) is 2. The van der Waals surface area contributed by atoms with Crippen LogP contribution in [0.3, 0.4) is 0 Å². The number of quaternary nitrogens is 1. The molecule has 0 spiro atoms. The number of aromatic nitrogens is 3. The third-order valence-electron chi connectivity index (χ3n) is 5.59. The minimum Gasteiger partial charge on any atom is -0.350 e. The fraction of sp³-hybridized carbons (Fsp3) is 0.364. The van der Waals surface area contributed by atoms with E-state index in [1.165, 1.54) is 16.2 Å². The first-order valence-corrected chi connectivity index (χ1v) is 9.90. The molecule has 1 aromatic carbocycles. The smallest absolute Gasteiger partial charge is 0.280 e. The van der Waals surface area contributed by atoms with Crippen molar-refractivity contribution in [3.63, 3.8) is 0 Å². The molecule has 0 saturated carbocycles. The summed E-state index contributed by atoms with van der Waals surface area (Å²) in [7, 11) is 2.08. The minimum atomic E-state index is 0.0318. The number of amides is 1. The molecule has 0 bridgehead atoms. The van der Waals surface area contributed by atoms with Gasteiger partial charge >= 0.3 is 0 Å². The van der Waals surface area contributed by atoms with Crippen molar-refractivity contribution >= 4 is 11.7 Å². The zero-order chi connectivity index (χ0) is 19.7. The normalized spacial score (nSPS) is 19.1. The molecule has 1 fully saturated rings. The Morgan fingerprint density at radius 3 is 2.75 bits per heavy atom. The van der Waals surface area contributed by atoms with Crippen molar-refractivity contribution in [1.82, 2.24) is 14.3 Å². The summed E-state index contributed by atoms with van der Waals surface area (Å²) in [4.78, 5) is 14.2. The van der Waals surface area contributed by atoms with E-state index in [0.29, 0.717) is 12.6 Å². The van der Waals surface area contributed by atoms with Gasteiger partial charge in [0.1, 0.15) is 11.9 Å². The Bertz CT molecular complexity index is 969. The van der Waals surface area contributed by atoms with Crippen molar-refractivity contribution in [2.24, 2.45) is 7.05 Å². The monoisotopic (exact) mass is 378 g/mol. The molecule has 2 aromatic heterocycles. The number of aryl methyl sites for hydroxylation is 3. The van der Waals surface area contributed by atoms with Crippen LogP contribution >= 0.6 is 0 Å². The molecule has 2 N–H and O–H groups in total. The second kappa shape index (κ2) is 7.64. The predicted molar refractivity (Wildman–Crippen MR) is 110 cm³/mol. The number of nitrogens with zero attached hydrogens (tertiary/aromatic N) is 3. The molecule has 1 saturated heterocycles. The lowest BCUT2D eigenvalue weighted by atomic mass is 10.1. The number of likely N-dealkylation sites (tertiary alicyclic amines) is 1. The first kappa shape index (κ1) is 18.5. The zero-order valence-electron chi connectivity index (χ0n) is 16.8. The summed E-state index contributed by atoms with van der Waals surface area (Å²) in [6.45, 7) is 5.49. The summed E-state index contributed by atoms with van der Waals surface area (Å²) >= 11 is 0. The molecule has 4 rings (SSSR count). The van der Waals surface area contributed by atoms with Crippen molar-refractivity contribution in [2.45, 2.75) is 32.7 Å². The largest absolute Gasteiger partial charge is 0.350 e. The van der Waals surface area contributed by atoms with Crippen LogP contribution in [0.5, 0.6) is 0 Å². The molecule has 0 aliphatic carbocycles. The summed E-state index contributed by atoms with van der Waals surface area (Å²) in [6.07, 6.45) is 4.36. The van der Waals surface area contributed by atoms with E-state index in [1.807, 2.05) is 25.1 Å². The van der Waals surface area contributed by atoms with Crippen LogP contribution in [0.2, 0.25) is 0 Å². The molecule has 146 valence electrons. The predicted octanol–water partition coefficient (Wildman–Crippen LogP) is 2.19. The van der Waals surface area contributed by atoms with Gasteiger partial charge in [0, 0.05) is 32.2 Å². The van der Waals surface area contributed by atoms with E-state index in [2.05, 4.69) is 59.4 Å². The fourth-order valence-corrected chi connectivity index (χ4v) is 4.18. The van der Waals surface area contributed by atoms with E-state index in [0.717, 1.165) is 36.6 Å². The van der Waals surface area contributed by atoms with Gasteiger partial charge in [0.05, 0.1) is 23.6 Å². The van der Waals surface area contributed by atoms with E-state index >= 15 is 0 Å². The number of hydrogen-bond donors (Lipinski definition) is 2. The summed E-state index contributed by atoms with van der Waals surface area (Å²) < 4.78 is 3.98. The van der Waals surface area contributed by atoms with Gasteiger partial charge in [-0.15, -0.1) is 0 Å². The molecule has 3 heterocycles. The van der Waals surface area contributed by atoms with Crippen molar-refractivity contribution in [3.05, 3.63) is 65.6 Å². The molecule has 6 nitrogen and oxygen atoms in total. The maximum absolute atomic E-state index is 12.8. The summed E-state index contributed by atoms with van der Waals surface area (Å²) in [5.41, 5.74) is 4.33. The van der Waals surface area contributed by atoms with Gasteiger partial charge < -0.3 is 14.8 Å². The number of anilines is 1. The lowest BCUT2D eigenvalue weighted by molar-refractivity contribution is -0.910. The third-order valence-corrected chi connectivity index (χ3v) is 5.59. The molecule has 2 atom stereocenters. The number of carbonyl (C=O) groups is 1. The second-order valence-electron chi connectivity index (χ2n) is 7.79. The first-order valence-electron chi connectivity index (χ1n) is 9.90. The third kappa shape index (κ3) is 3.73. The summed E-state index contributed by atoms with van der Waals surface area (Å²) in [5.74, 6) is 0.754. The number of carbonyl (C=O) groups excluding carboxylic acids is 1. The Morgan fingerprint density at radius 2 is 2.04 bits per heavy atom. The van der Waals surface area contributed by atoms with Crippen LogP contribution in [0.25, 0.3) is 5.69 Å². The molecule has 0 radical (unpaired) electrons. The summed E-state index contributed by atoms with van der Waals surface area (Å²) in [5, 5.41) is 7.64. The van der Waals surface area contributed by atoms with Crippen LogP contribution in [0, 0.1) is 13.8 Å². The van der Waals surface area contributed by atoms with Gasteiger partial charge in [-0.3, -0.25) is 4.79 Å². The summed E-state index contributed by atoms with van der Waals surface area (Å²) in [6, 6.07) is 14.7. The maximum atomic E-state index is 12.8. The van der Waals surface area contributed by atoms with E-state index in [1.54, 1.807) is 4.68 Å². The average Bonchev–Trinajstić information content (AvgIpc) is 3.36. The van der Waals surface area contributed by atoms with Crippen LogP contribution in [0.1, 0.15) is 35.8 Å². The van der Waals surface area contributed by atoms with E-state index < -0.39 is 0 Å². The Morgan fingerprint density at radius 1 is 1.25 bits per heavy atom. The van der Waals surface area contributed by atoms with Crippen molar-refractivity contribution in [1.29, 1.82) is 0 Å². The number of benzene rings is 1. The fourth-order valence-electron chi connectivity index (χ4n) is 4.18. The highest BCUT2D eigenvalue weighted by atomic mass is 16.2. The lowest BCUT2D eigenvalue weighted by Crippen LogP contribution is -3.11. The van der Waals surface area contributed by atoms with Crippen molar-refractivity contribution < 1.29 is 9.69 Å². The topological polar surface area (TPSA) is 56.3 Å². The number of nitrogens with one attached hydrogen (secondary N) is 2. The van der Waals surface area contributed by atoms with Crippen LogP contribution in [-0.4, -0.2) is 33.3 Å². The Balaban J connectivity index is 1.48.